The van der Waals surface area contributed by atoms with Crippen molar-refractivity contribution >= 4 is 22.9 Å². The van der Waals surface area contributed by atoms with E-state index in [0.717, 1.165) is 28.6 Å². The van der Waals surface area contributed by atoms with Gasteiger partial charge < -0.3 is 9.72 Å². The molecule has 110 valence electrons. The van der Waals surface area contributed by atoms with Crippen molar-refractivity contribution in [1.82, 2.24) is 4.98 Å². The normalized spacial score (nSPS) is 11.1. The van der Waals surface area contributed by atoms with Crippen molar-refractivity contribution < 1.29 is 9.53 Å². The maximum absolute atomic E-state index is 11.4. The van der Waals surface area contributed by atoms with Crippen LogP contribution in [0.25, 0.3) is 17.0 Å². The number of benzene rings is 2. The third kappa shape index (κ3) is 2.93. The molecule has 0 radical (unpaired) electrons. The Morgan fingerprint density at radius 1 is 1.09 bits per heavy atom. The summed E-state index contributed by atoms with van der Waals surface area (Å²) >= 11 is 0. The predicted molar refractivity (Wildman–Crippen MR) is 88.6 cm³/mol. The Bertz CT molecular complexity index is 816. The molecule has 3 nitrogen and oxygen atoms in total. The van der Waals surface area contributed by atoms with Crippen LogP contribution in [-0.4, -0.2) is 18.1 Å². The molecule has 0 saturated heterocycles. The molecule has 0 amide bonds. The van der Waals surface area contributed by atoms with Crippen molar-refractivity contribution in [2.45, 2.75) is 6.42 Å². The molecule has 0 bridgehead atoms. The molecule has 2 aromatic carbocycles. The van der Waals surface area contributed by atoms with Gasteiger partial charge in [0.1, 0.15) is 0 Å². The van der Waals surface area contributed by atoms with E-state index in [-0.39, 0.29) is 5.97 Å². The molecular formula is C19H17NO2. The predicted octanol–water partition coefficient (Wildman–Crippen LogP) is 3.94. The lowest BCUT2D eigenvalue weighted by Crippen LogP contribution is -1.94. The fraction of sp³-hybridized carbons (Fsp3) is 0.105. The summed E-state index contributed by atoms with van der Waals surface area (Å²) in [5, 5.41) is 1.11. The molecule has 3 heteroatoms. The second-order valence-corrected chi connectivity index (χ2v) is 5.08. The van der Waals surface area contributed by atoms with E-state index in [1.54, 1.807) is 0 Å². The number of methoxy groups -OCH3 is 1. The highest BCUT2D eigenvalue weighted by Crippen LogP contribution is 2.25. The van der Waals surface area contributed by atoms with Gasteiger partial charge in [-0.05, 0) is 17.7 Å². The highest BCUT2D eigenvalue weighted by Gasteiger charge is 2.09. The number of carbonyl (C=O) groups is 1. The highest BCUT2D eigenvalue weighted by molar-refractivity contribution is 5.95. The summed E-state index contributed by atoms with van der Waals surface area (Å²) in [7, 11) is 1.38. The minimum atomic E-state index is -0.351. The quantitative estimate of drug-likeness (QED) is 0.584. The molecule has 1 aromatic heterocycles. The molecular weight excluding hydrogens is 274 g/mol. The Balaban J connectivity index is 2.04. The van der Waals surface area contributed by atoms with E-state index >= 15 is 0 Å². The number of hydrogen-bond donors (Lipinski definition) is 1. The molecule has 0 aliphatic rings. The number of para-hydroxylation sites is 1. The SMILES string of the molecule is COC(=O)C=Cc1c(Cc2ccccc2)[nH]c2ccccc12. The van der Waals surface area contributed by atoms with E-state index in [4.69, 9.17) is 0 Å². The first-order chi connectivity index (χ1) is 10.8. The Hall–Kier alpha value is -2.81. The lowest BCUT2D eigenvalue weighted by atomic mass is 10.0. The average Bonchev–Trinajstić information content (AvgIpc) is 2.90. The van der Waals surface area contributed by atoms with Crippen LogP contribution in [0.4, 0.5) is 0 Å². The second kappa shape index (κ2) is 6.31. The van der Waals surface area contributed by atoms with Gasteiger partial charge in [-0.25, -0.2) is 4.79 Å². The van der Waals surface area contributed by atoms with Crippen molar-refractivity contribution in [1.29, 1.82) is 0 Å². The van der Waals surface area contributed by atoms with Crippen molar-refractivity contribution in [2.24, 2.45) is 0 Å². The standard InChI is InChI=1S/C19H17NO2/c1-22-19(21)12-11-16-15-9-5-6-10-17(15)20-18(16)13-14-7-3-2-4-8-14/h2-12,20H,13H2,1H3. The maximum atomic E-state index is 11.4. The van der Waals surface area contributed by atoms with E-state index in [2.05, 4.69) is 27.9 Å². The number of nitrogens with one attached hydrogen (secondary N) is 1. The molecule has 0 fully saturated rings. The van der Waals surface area contributed by atoms with E-state index in [1.807, 2.05) is 42.5 Å². The summed E-state index contributed by atoms with van der Waals surface area (Å²) in [6.07, 6.45) is 4.07. The van der Waals surface area contributed by atoms with E-state index in [0.29, 0.717) is 0 Å². The fourth-order valence-electron chi connectivity index (χ4n) is 2.57. The minimum Gasteiger partial charge on any atom is -0.466 e. The number of aromatic nitrogens is 1. The van der Waals surface area contributed by atoms with Crippen LogP contribution in [0.5, 0.6) is 0 Å². The maximum Gasteiger partial charge on any atom is 0.330 e. The molecule has 22 heavy (non-hydrogen) atoms. The molecule has 0 aliphatic carbocycles. The Kier molecular flexibility index (Phi) is 4.05. The number of hydrogen-bond acceptors (Lipinski definition) is 2. The lowest BCUT2D eigenvalue weighted by Gasteiger charge is -2.01. The topological polar surface area (TPSA) is 42.1 Å². The zero-order chi connectivity index (χ0) is 15.4. The number of aromatic amines is 1. The number of carbonyl (C=O) groups excluding carboxylic acids is 1. The van der Waals surface area contributed by atoms with Gasteiger partial charge in [0.25, 0.3) is 0 Å². The number of fused-ring (bicyclic) bond motifs is 1. The van der Waals surface area contributed by atoms with Gasteiger partial charge >= 0.3 is 5.97 Å². The Morgan fingerprint density at radius 2 is 1.82 bits per heavy atom. The summed E-state index contributed by atoms with van der Waals surface area (Å²) in [6.45, 7) is 0. The molecule has 3 aromatic rings. The monoisotopic (exact) mass is 291 g/mol. The molecule has 0 aliphatic heterocycles. The van der Waals surface area contributed by atoms with Gasteiger partial charge in [-0.15, -0.1) is 0 Å². The third-order valence-electron chi connectivity index (χ3n) is 3.64. The molecule has 1 heterocycles. The van der Waals surface area contributed by atoms with Crippen molar-refractivity contribution in [2.75, 3.05) is 7.11 Å². The molecule has 0 atom stereocenters. The second-order valence-electron chi connectivity index (χ2n) is 5.08. The summed E-state index contributed by atoms with van der Waals surface area (Å²) in [4.78, 5) is 14.8. The largest absolute Gasteiger partial charge is 0.466 e. The molecule has 0 saturated carbocycles. The van der Waals surface area contributed by atoms with Crippen LogP contribution in [0.1, 0.15) is 16.8 Å². The Labute approximate surface area is 129 Å². The first-order valence-corrected chi connectivity index (χ1v) is 7.17. The van der Waals surface area contributed by atoms with Crippen molar-refractivity contribution in [3.63, 3.8) is 0 Å². The number of rotatable bonds is 4. The summed E-state index contributed by atoms with van der Waals surface area (Å²) in [6, 6.07) is 18.3. The highest BCUT2D eigenvalue weighted by atomic mass is 16.5. The van der Waals surface area contributed by atoms with Crippen LogP contribution in [0, 0.1) is 0 Å². The van der Waals surface area contributed by atoms with Crippen LogP contribution in [0.15, 0.2) is 60.7 Å². The lowest BCUT2D eigenvalue weighted by molar-refractivity contribution is -0.134. The van der Waals surface area contributed by atoms with Crippen LogP contribution in [0.2, 0.25) is 0 Å². The molecule has 3 rings (SSSR count). The fourth-order valence-corrected chi connectivity index (χ4v) is 2.57. The zero-order valence-electron chi connectivity index (χ0n) is 12.4. The van der Waals surface area contributed by atoms with Gasteiger partial charge in [-0.3, -0.25) is 0 Å². The van der Waals surface area contributed by atoms with Gasteiger partial charge in [0.05, 0.1) is 7.11 Å². The first-order valence-electron chi connectivity index (χ1n) is 7.17. The van der Waals surface area contributed by atoms with Crippen LogP contribution in [0.3, 0.4) is 0 Å². The summed E-state index contributed by atoms with van der Waals surface area (Å²) in [5.74, 6) is -0.351. The van der Waals surface area contributed by atoms with Crippen LogP contribution < -0.4 is 0 Å². The Morgan fingerprint density at radius 3 is 2.59 bits per heavy atom. The van der Waals surface area contributed by atoms with Crippen LogP contribution >= 0.6 is 0 Å². The van der Waals surface area contributed by atoms with Crippen molar-refractivity contribution in [3.05, 3.63) is 77.5 Å². The van der Waals surface area contributed by atoms with Crippen LogP contribution in [-0.2, 0) is 16.0 Å². The molecule has 0 spiro atoms. The summed E-state index contributed by atoms with van der Waals surface area (Å²) in [5.41, 5.74) is 4.41. The molecule has 0 unspecified atom stereocenters. The molecule has 1 N–H and O–H groups in total. The summed E-state index contributed by atoms with van der Waals surface area (Å²) < 4.78 is 4.68. The van der Waals surface area contributed by atoms with Gasteiger partial charge in [-0.2, -0.15) is 0 Å². The van der Waals surface area contributed by atoms with Crippen molar-refractivity contribution in [3.8, 4) is 0 Å². The minimum absolute atomic E-state index is 0.351. The van der Waals surface area contributed by atoms with Gasteiger partial charge in [0, 0.05) is 34.7 Å². The number of H-pyrrole nitrogens is 1. The van der Waals surface area contributed by atoms with E-state index in [1.165, 1.54) is 18.7 Å². The first kappa shape index (κ1) is 14.1. The third-order valence-corrected chi connectivity index (χ3v) is 3.64. The van der Waals surface area contributed by atoms with E-state index in [9.17, 15) is 4.79 Å². The van der Waals surface area contributed by atoms with E-state index < -0.39 is 0 Å². The van der Waals surface area contributed by atoms with Gasteiger partial charge in [0.2, 0.25) is 0 Å². The smallest absolute Gasteiger partial charge is 0.330 e. The average molecular weight is 291 g/mol. The zero-order valence-corrected chi connectivity index (χ0v) is 12.4. The number of esters is 1. The number of ether oxygens (including phenoxy) is 1. The van der Waals surface area contributed by atoms with Gasteiger partial charge in [-0.1, -0.05) is 48.5 Å². The van der Waals surface area contributed by atoms with Gasteiger partial charge in [0.15, 0.2) is 0 Å².